The van der Waals surface area contributed by atoms with E-state index in [2.05, 4.69) is 10.3 Å². The topological polar surface area (TPSA) is 68.3 Å². The molecule has 0 saturated carbocycles. The Morgan fingerprint density at radius 2 is 2.05 bits per heavy atom. The first kappa shape index (κ1) is 15.1. The number of benzene rings is 1. The van der Waals surface area contributed by atoms with Gasteiger partial charge in [0.25, 0.3) is 0 Å². The molecule has 1 amide bonds. The van der Waals surface area contributed by atoms with Gasteiger partial charge in [-0.2, -0.15) is 0 Å². The molecule has 0 unspecified atom stereocenters. The second kappa shape index (κ2) is 6.94. The summed E-state index contributed by atoms with van der Waals surface area (Å²) in [6, 6.07) is 5.68. The molecule has 110 valence electrons. The van der Waals surface area contributed by atoms with E-state index in [1.54, 1.807) is 19.1 Å². The van der Waals surface area contributed by atoms with Crippen molar-refractivity contribution in [2.24, 2.45) is 0 Å². The van der Waals surface area contributed by atoms with Crippen molar-refractivity contribution < 1.29 is 18.7 Å². The summed E-state index contributed by atoms with van der Waals surface area (Å²) in [4.78, 5) is 27.2. The highest BCUT2D eigenvalue weighted by Crippen LogP contribution is 2.16. The lowest BCUT2D eigenvalue weighted by Crippen LogP contribution is -2.14. The van der Waals surface area contributed by atoms with Crippen LogP contribution in [0.25, 0.3) is 0 Å². The van der Waals surface area contributed by atoms with E-state index in [4.69, 9.17) is 4.74 Å². The molecule has 0 spiro atoms. The van der Waals surface area contributed by atoms with Crippen LogP contribution in [-0.2, 0) is 16.0 Å². The zero-order chi connectivity index (χ0) is 15.2. The van der Waals surface area contributed by atoms with Gasteiger partial charge in [-0.15, -0.1) is 11.3 Å². The molecule has 1 N–H and O–H groups in total. The first-order chi connectivity index (χ1) is 10.1. The van der Waals surface area contributed by atoms with Gasteiger partial charge in [0.2, 0.25) is 5.91 Å². The number of nitrogens with one attached hydrogen (secondary N) is 1. The smallest absolute Gasteiger partial charge is 0.357 e. The largest absolute Gasteiger partial charge is 0.461 e. The second-order valence-corrected chi connectivity index (χ2v) is 4.97. The molecule has 0 aliphatic heterocycles. The number of esters is 1. The van der Waals surface area contributed by atoms with Gasteiger partial charge in [-0.05, 0) is 24.6 Å². The van der Waals surface area contributed by atoms with Crippen LogP contribution < -0.4 is 5.32 Å². The lowest BCUT2D eigenvalue weighted by molar-refractivity contribution is -0.115. The molecular formula is C14H13FN2O3S. The number of anilines is 1. The average molecular weight is 308 g/mol. The van der Waals surface area contributed by atoms with Crippen LogP contribution in [0.5, 0.6) is 0 Å². The molecule has 1 aromatic heterocycles. The number of aromatic nitrogens is 1. The second-order valence-electron chi connectivity index (χ2n) is 4.11. The van der Waals surface area contributed by atoms with Crippen LogP contribution in [0.4, 0.5) is 9.52 Å². The lowest BCUT2D eigenvalue weighted by atomic mass is 10.1. The Bertz CT molecular complexity index is 640. The molecule has 0 fully saturated rings. The Balaban J connectivity index is 1.93. The van der Waals surface area contributed by atoms with Gasteiger partial charge in [0.05, 0.1) is 13.0 Å². The van der Waals surface area contributed by atoms with Crippen molar-refractivity contribution in [1.29, 1.82) is 0 Å². The van der Waals surface area contributed by atoms with Gasteiger partial charge >= 0.3 is 5.97 Å². The number of carbonyl (C=O) groups is 2. The van der Waals surface area contributed by atoms with Crippen LogP contribution in [0.2, 0.25) is 0 Å². The Labute approximate surface area is 124 Å². The Kier molecular flexibility index (Phi) is 4.99. The van der Waals surface area contributed by atoms with Crippen molar-refractivity contribution in [3.8, 4) is 0 Å². The number of hydrogen-bond acceptors (Lipinski definition) is 5. The maximum Gasteiger partial charge on any atom is 0.357 e. The number of ether oxygens (including phenoxy) is 1. The van der Waals surface area contributed by atoms with Gasteiger partial charge in [0.1, 0.15) is 5.82 Å². The van der Waals surface area contributed by atoms with Crippen LogP contribution >= 0.6 is 11.3 Å². The van der Waals surface area contributed by atoms with E-state index in [9.17, 15) is 14.0 Å². The maximum atomic E-state index is 12.8. The molecule has 0 radical (unpaired) electrons. The number of halogens is 1. The molecule has 0 saturated heterocycles. The van der Waals surface area contributed by atoms with Crippen LogP contribution in [-0.4, -0.2) is 23.5 Å². The number of rotatable bonds is 5. The van der Waals surface area contributed by atoms with Crippen molar-refractivity contribution in [3.05, 3.63) is 46.7 Å². The zero-order valence-electron chi connectivity index (χ0n) is 11.3. The summed E-state index contributed by atoms with van der Waals surface area (Å²) < 4.78 is 17.6. The third kappa shape index (κ3) is 4.35. The van der Waals surface area contributed by atoms with Crippen LogP contribution in [0, 0.1) is 5.82 Å². The highest BCUT2D eigenvalue weighted by atomic mass is 32.1. The van der Waals surface area contributed by atoms with Crippen LogP contribution in [0.1, 0.15) is 23.0 Å². The van der Waals surface area contributed by atoms with E-state index in [0.29, 0.717) is 10.7 Å². The minimum atomic E-state index is -0.521. The molecule has 0 bridgehead atoms. The Hall–Kier alpha value is -2.28. The van der Waals surface area contributed by atoms with Crippen molar-refractivity contribution in [2.45, 2.75) is 13.3 Å². The minimum absolute atomic E-state index is 0.106. The summed E-state index contributed by atoms with van der Waals surface area (Å²) in [6.45, 7) is 1.97. The molecule has 1 heterocycles. The standard InChI is InChI=1S/C14H13FN2O3S/c1-2-20-13(19)11-8-21-14(16-11)17-12(18)7-9-3-5-10(15)6-4-9/h3-6,8H,2,7H2,1H3,(H,16,17,18). The van der Waals surface area contributed by atoms with Crippen molar-refractivity contribution >= 4 is 28.3 Å². The third-order valence-electron chi connectivity index (χ3n) is 2.51. The van der Waals surface area contributed by atoms with Crippen molar-refractivity contribution in [2.75, 3.05) is 11.9 Å². The van der Waals surface area contributed by atoms with Gasteiger partial charge < -0.3 is 10.1 Å². The SMILES string of the molecule is CCOC(=O)c1csc(NC(=O)Cc2ccc(F)cc2)n1. The number of amides is 1. The summed E-state index contributed by atoms with van der Waals surface area (Å²) in [7, 11) is 0. The van der Waals surface area contributed by atoms with Crippen molar-refractivity contribution in [3.63, 3.8) is 0 Å². The van der Waals surface area contributed by atoms with Gasteiger partial charge in [-0.25, -0.2) is 14.2 Å². The van der Waals surface area contributed by atoms with E-state index in [1.807, 2.05) is 0 Å². The van der Waals surface area contributed by atoms with E-state index < -0.39 is 5.97 Å². The minimum Gasteiger partial charge on any atom is -0.461 e. The first-order valence-corrected chi connectivity index (χ1v) is 7.13. The maximum absolute atomic E-state index is 12.8. The number of nitrogens with zero attached hydrogens (tertiary/aromatic N) is 1. The molecule has 7 heteroatoms. The van der Waals surface area contributed by atoms with Gasteiger partial charge in [-0.3, -0.25) is 4.79 Å². The lowest BCUT2D eigenvalue weighted by Gasteiger charge is -2.02. The third-order valence-corrected chi connectivity index (χ3v) is 3.27. The van der Waals surface area contributed by atoms with Gasteiger partial charge in [0.15, 0.2) is 10.8 Å². The molecule has 21 heavy (non-hydrogen) atoms. The van der Waals surface area contributed by atoms with E-state index in [1.165, 1.54) is 17.5 Å². The molecule has 0 atom stereocenters. The van der Waals surface area contributed by atoms with Crippen LogP contribution in [0.3, 0.4) is 0 Å². The average Bonchev–Trinajstić information content (AvgIpc) is 2.90. The number of carbonyl (C=O) groups excluding carboxylic acids is 2. The van der Waals surface area contributed by atoms with E-state index in [-0.39, 0.29) is 30.4 Å². The molecule has 5 nitrogen and oxygen atoms in total. The molecule has 0 aliphatic carbocycles. The Morgan fingerprint density at radius 1 is 1.33 bits per heavy atom. The predicted molar refractivity (Wildman–Crippen MR) is 76.8 cm³/mol. The zero-order valence-corrected chi connectivity index (χ0v) is 12.1. The first-order valence-electron chi connectivity index (χ1n) is 6.25. The highest BCUT2D eigenvalue weighted by Gasteiger charge is 2.13. The number of hydrogen-bond donors (Lipinski definition) is 1. The van der Waals surface area contributed by atoms with Gasteiger partial charge in [-0.1, -0.05) is 12.1 Å². The molecule has 1 aromatic carbocycles. The fraction of sp³-hybridized carbons (Fsp3) is 0.214. The molecular weight excluding hydrogens is 295 g/mol. The highest BCUT2D eigenvalue weighted by molar-refractivity contribution is 7.14. The summed E-state index contributed by atoms with van der Waals surface area (Å²) in [5.41, 5.74) is 0.856. The number of thiazole rings is 1. The predicted octanol–water partition coefficient (Wildman–Crippen LogP) is 2.64. The normalized spacial score (nSPS) is 10.2. The van der Waals surface area contributed by atoms with E-state index >= 15 is 0 Å². The fourth-order valence-corrected chi connectivity index (χ4v) is 2.28. The van der Waals surface area contributed by atoms with Crippen molar-refractivity contribution in [1.82, 2.24) is 4.98 Å². The molecule has 2 aromatic rings. The summed E-state index contributed by atoms with van der Waals surface area (Å²) in [5.74, 6) is -1.16. The monoisotopic (exact) mass is 308 g/mol. The molecule has 0 aliphatic rings. The Morgan fingerprint density at radius 3 is 2.71 bits per heavy atom. The van der Waals surface area contributed by atoms with Crippen LogP contribution in [0.15, 0.2) is 29.6 Å². The summed E-state index contributed by atoms with van der Waals surface area (Å²) in [6.07, 6.45) is 0.106. The summed E-state index contributed by atoms with van der Waals surface area (Å²) >= 11 is 1.14. The van der Waals surface area contributed by atoms with Gasteiger partial charge in [0, 0.05) is 5.38 Å². The quantitative estimate of drug-likeness (QED) is 0.862. The summed E-state index contributed by atoms with van der Waals surface area (Å²) in [5, 5.41) is 4.43. The van der Waals surface area contributed by atoms with E-state index in [0.717, 1.165) is 11.3 Å². The fourth-order valence-electron chi connectivity index (χ4n) is 1.58. The molecule has 2 rings (SSSR count).